The summed E-state index contributed by atoms with van der Waals surface area (Å²) in [6, 6.07) is 5.65. The fraction of sp³-hybridized carbons (Fsp3) is 0.111. The molecule has 1 rings (SSSR count). The van der Waals surface area contributed by atoms with Gasteiger partial charge in [0, 0.05) is 5.02 Å². The molecule has 0 amide bonds. The van der Waals surface area contributed by atoms with Crippen LogP contribution in [-0.2, 0) is 0 Å². The van der Waals surface area contributed by atoms with Gasteiger partial charge in [-0.05, 0) is 36.3 Å². The summed E-state index contributed by atoms with van der Waals surface area (Å²) in [5, 5.41) is 4.66. The van der Waals surface area contributed by atoms with Crippen molar-refractivity contribution in [2.24, 2.45) is 10.8 Å². The largest absolute Gasteiger partial charge is 0.375 e. The van der Waals surface area contributed by atoms with Crippen LogP contribution in [-0.4, -0.2) is 11.3 Å². The number of aryl methyl sites for hydroxylation is 1. The van der Waals surface area contributed by atoms with Gasteiger partial charge in [0.25, 0.3) is 0 Å². The van der Waals surface area contributed by atoms with Crippen LogP contribution in [0.4, 0.5) is 0 Å². The van der Waals surface area contributed by atoms with Crippen molar-refractivity contribution in [2.75, 3.05) is 0 Å². The van der Waals surface area contributed by atoms with E-state index in [0.29, 0.717) is 5.02 Å². The second-order valence-electron chi connectivity index (χ2n) is 2.74. The first-order valence-electron chi connectivity index (χ1n) is 3.94. The molecule has 0 atom stereocenters. The Kier molecular flexibility index (Phi) is 3.85. The van der Waals surface area contributed by atoms with Crippen LogP contribution in [0, 0.1) is 6.92 Å². The number of halogens is 1. The lowest BCUT2D eigenvalue weighted by molar-refractivity contribution is 1.04. The normalized spacial score (nSPS) is 10.4. The number of nitrogens with zero attached hydrogens (tertiary/aromatic N) is 1. The molecule has 3 nitrogen and oxygen atoms in total. The quantitative estimate of drug-likeness (QED) is 0.460. The van der Waals surface area contributed by atoms with Crippen molar-refractivity contribution >= 4 is 35.1 Å². The molecule has 0 heterocycles. The number of benzene rings is 1. The highest BCUT2D eigenvalue weighted by molar-refractivity contribution is 7.80. The molecule has 1 aromatic carbocycles. The predicted octanol–water partition coefficient (Wildman–Crippen LogP) is 1.82. The molecule has 74 valence electrons. The van der Waals surface area contributed by atoms with Crippen molar-refractivity contribution in [3.05, 3.63) is 34.3 Å². The van der Waals surface area contributed by atoms with E-state index in [0.717, 1.165) is 11.1 Å². The van der Waals surface area contributed by atoms with E-state index in [2.05, 4.69) is 22.7 Å². The molecule has 0 fully saturated rings. The minimum Gasteiger partial charge on any atom is -0.375 e. The molecule has 0 aromatic heterocycles. The third-order valence-corrected chi connectivity index (χ3v) is 2.08. The third kappa shape index (κ3) is 3.32. The molecule has 0 aliphatic rings. The van der Waals surface area contributed by atoms with E-state index in [1.54, 1.807) is 6.21 Å². The minimum atomic E-state index is 0.138. The smallest absolute Gasteiger partial charge is 0.184 e. The minimum absolute atomic E-state index is 0.138. The molecule has 0 spiro atoms. The van der Waals surface area contributed by atoms with Gasteiger partial charge in [-0.1, -0.05) is 23.7 Å². The number of hydrazone groups is 1. The molecule has 0 saturated carbocycles. The Labute approximate surface area is 92.9 Å². The Bertz CT molecular complexity index is 376. The highest BCUT2D eigenvalue weighted by atomic mass is 35.5. The number of nitrogens with two attached hydrogens (primary N) is 1. The molecule has 5 heteroatoms. The number of thiocarbonyl (C=S) groups is 1. The van der Waals surface area contributed by atoms with E-state index >= 15 is 0 Å². The van der Waals surface area contributed by atoms with Crippen LogP contribution in [0.1, 0.15) is 11.1 Å². The average Bonchev–Trinajstić information content (AvgIpc) is 2.10. The highest BCUT2D eigenvalue weighted by Crippen LogP contribution is 2.15. The Morgan fingerprint density at radius 2 is 2.36 bits per heavy atom. The fourth-order valence-electron chi connectivity index (χ4n) is 0.860. The highest BCUT2D eigenvalue weighted by Gasteiger charge is 1.94. The summed E-state index contributed by atoms with van der Waals surface area (Å²) in [6.45, 7) is 1.94. The lowest BCUT2D eigenvalue weighted by Gasteiger charge is -1.98. The van der Waals surface area contributed by atoms with Crippen LogP contribution in [0.25, 0.3) is 0 Å². The molecule has 0 unspecified atom stereocenters. The number of rotatable bonds is 2. The van der Waals surface area contributed by atoms with Gasteiger partial charge in [-0.3, -0.25) is 5.43 Å². The van der Waals surface area contributed by atoms with Crippen molar-refractivity contribution in [1.82, 2.24) is 5.43 Å². The lowest BCUT2D eigenvalue weighted by Crippen LogP contribution is -2.23. The van der Waals surface area contributed by atoms with Crippen molar-refractivity contribution in [2.45, 2.75) is 6.92 Å². The van der Waals surface area contributed by atoms with E-state index in [1.807, 2.05) is 25.1 Å². The molecule has 0 aliphatic heterocycles. The molecule has 0 aliphatic carbocycles. The van der Waals surface area contributed by atoms with Crippen LogP contribution < -0.4 is 11.2 Å². The van der Waals surface area contributed by atoms with E-state index in [4.69, 9.17) is 17.3 Å². The molecule has 0 bridgehead atoms. The summed E-state index contributed by atoms with van der Waals surface area (Å²) >= 11 is 10.5. The van der Waals surface area contributed by atoms with Crippen molar-refractivity contribution in [1.29, 1.82) is 0 Å². The van der Waals surface area contributed by atoms with Gasteiger partial charge >= 0.3 is 0 Å². The molecule has 0 radical (unpaired) electrons. The van der Waals surface area contributed by atoms with E-state index < -0.39 is 0 Å². The van der Waals surface area contributed by atoms with E-state index in [-0.39, 0.29) is 5.11 Å². The molecule has 3 N–H and O–H groups in total. The molecular formula is C9H10ClN3S. The van der Waals surface area contributed by atoms with Crippen LogP contribution in [0.5, 0.6) is 0 Å². The first-order chi connectivity index (χ1) is 6.59. The second kappa shape index (κ2) is 4.93. The molecular weight excluding hydrogens is 218 g/mol. The Hall–Kier alpha value is -1.13. The van der Waals surface area contributed by atoms with Gasteiger partial charge in [0.1, 0.15) is 0 Å². The predicted molar refractivity (Wildman–Crippen MR) is 63.7 cm³/mol. The topological polar surface area (TPSA) is 50.4 Å². The zero-order chi connectivity index (χ0) is 10.6. The Balaban J connectivity index is 2.73. The summed E-state index contributed by atoms with van der Waals surface area (Å²) in [5.41, 5.74) is 9.58. The van der Waals surface area contributed by atoms with Crippen molar-refractivity contribution in [3.63, 3.8) is 0 Å². The maximum absolute atomic E-state index is 5.92. The van der Waals surface area contributed by atoms with Crippen molar-refractivity contribution in [3.8, 4) is 0 Å². The zero-order valence-corrected chi connectivity index (χ0v) is 9.19. The maximum Gasteiger partial charge on any atom is 0.184 e. The molecule has 0 saturated heterocycles. The lowest BCUT2D eigenvalue weighted by atomic mass is 10.2. The summed E-state index contributed by atoms with van der Waals surface area (Å²) < 4.78 is 0. The van der Waals surface area contributed by atoms with Crippen LogP contribution >= 0.6 is 23.8 Å². The monoisotopic (exact) mass is 227 g/mol. The summed E-state index contributed by atoms with van der Waals surface area (Å²) in [5.74, 6) is 0. The van der Waals surface area contributed by atoms with Gasteiger partial charge in [0.15, 0.2) is 5.11 Å². The number of hydrogen-bond donors (Lipinski definition) is 2. The average molecular weight is 228 g/mol. The van der Waals surface area contributed by atoms with Gasteiger partial charge in [-0.25, -0.2) is 0 Å². The van der Waals surface area contributed by atoms with Crippen LogP contribution in [0.3, 0.4) is 0 Å². The van der Waals surface area contributed by atoms with E-state index in [1.165, 1.54) is 0 Å². The maximum atomic E-state index is 5.92. The molecule has 14 heavy (non-hydrogen) atoms. The first kappa shape index (κ1) is 10.9. The number of hydrogen-bond acceptors (Lipinski definition) is 2. The van der Waals surface area contributed by atoms with Crippen molar-refractivity contribution < 1.29 is 0 Å². The Morgan fingerprint density at radius 1 is 1.64 bits per heavy atom. The third-order valence-electron chi connectivity index (χ3n) is 1.58. The van der Waals surface area contributed by atoms with Gasteiger partial charge in [0.2, 0.25) is 0 Å². The first-order valence-corrected chi connectivity index (χ1v) is 4.73. The van der Waals surface area contributed by atoms with Crippen LogP contribution in [0.15, 0.2) is 23.3 Å². The zero-order valence-electron chi connectivity index (χ0n) is 7.62. The molecule has 1 aromatic rings. The summed E-state index contributed by atoms with van der Waals surface area (Å²) in [6.07, 6.45) is 1.60. The standard InChI is InChI=1S/C9H10ClN3S/c1-6-2-3-7(4-8(6)10)5-12-13-9(11)14/h2-5H,1H3,(H3,11,13,14). The van der Waals surface area contributed by atoms with Gasteiger partial charge in [-0.2, -0.15) is 5.10 Å². The SMILES string of the molecule is Cc1ccc(C=NNC(N)=S)cc1Cl. The van der Waals surface area contributed by atoms with Gasteiger partial charge < -0.3 is 5.73 Å². The Morgan fingerprint density at radius 3 is 2.93 bits per heavy atom. The van der Waals surface area contributed by atoms with Gasteiger partial charge in [0.05, 0.1) is 6.21 Å². The van der Waals surface area contributed by atoms with E-state index in [9.17, 15) is 0 Å². The number of nitrogens with one attached hydrogen (secondary N) is 1. The fourth-order valence-corrected chi connectivity index (χ4v) is 1.10. The second-order valence-corrected chi connectivity index (χ2v) is 3.59. The van der Waals surface area contributed by atoms with Crippen LogP contribution in [0.2, 0.25) is 5.02 Å². The summed E-state index contributed by atoms with van der Waals surface area (Å²) in [7, 11) is 0. The van der Waals surface area contributed by atoms with Gasteiger partial charge in [-0.15, -0.1) is 0 Å². The summed E-state index contributed by atoms with van der Waals surface area (Å²) in [4.78, 5) is 0.